The molecule has 7 heavy (non-hydrogen) atoms. The Balaban J connectivity index is 3.17. The van der Waals surface area contributed by atoms with Crippen LogP contribution in [0.15, 0.2) is 10.6 Å². The molecule has 0 spiro atoms. The van der Waals surface area contributed by atoms with Crippen molar-refractivity contribution in [3.63, 3.8) is 0 Å². The molecule has 0 bridgehead atoms. The van der Waals surface area contributed by atoms with Gasteiger partial charge < -0.3 is 4.74 Å². The summed E-state index contributed by atoms with van der Waals surface area (Å²) in [5.41, 5.74) is 1.28. The third-order valence-electron chi connectivity index (χ3n) is 0.401. The fourth-order valence-electron chi connectivity index (χ4n) is 0.169. The summed E-state index contributed by atoms with van der Waals surface area (Å²) in [7, 11) is 1.56. The number of ether oxygens (including phenoxy) is 1. The van der Waals surface area contributed by atoms with Gasteiger partial charge in [0.05, 0.1) is 11.6 Å². The SMILES string of the molecule is COC/C(Cl)=C/Cl. The molecule has 0 aromatic carbocycles. The van der Waals surface area contributed by atoms with Crippen molar-refractivity contribution in [2.45, 2.75) is 0 Å². The fourth-order valence-corrected chi connectivity index (χ4v) is 0.341. The first kappa shape index (κ1) is 7.28. The van der Waals surface area contributed by atoms with Crippen molar-refractivity contribution in [3.05, 3.63) is 10.6 Å². The Morgan fingerprint density at radius 1 is 1.86 bits per heavy atom. The number of halogens is 2. The molecule has 0 rings (SSSR count). The van der Waals surface area contributed by atoms with E-state index in [0.717, 1.165) is 0 Å². The molecule has 0 aromatic heterocycles. The van der Waals surface area contributed by atoms with Crippen LogP contribution >= 0.6 is 23.2 Å². The predicted molar refractivity (Wildman–Crippen MR) is 31.7 cm³/mol. The molecule has 42 valence electrons. The first-order chi connectivity index (χ1) is 3.31. The molecule has 0 fully saturated rings. The lowest BCUT2D eigenvalue weighted by molar-refractivity contribution is 0.231. The van der Waals surface area contributed by atoms with Crippen molar-refractivity contribution >= 4 is 23.2 Å². The molecule has 0 N–H and O–H groups in total. The number of hydrogen-bond acceptors (Lipinski definition) is 1. The van der Waals surface area contributed by atoms with Crippen LogP contribution in [0.1, 0.15) is 0 Å². The van der Waals surface area contributed by atoms with Gasteiger partial charge in [0, 0.05) is 12.6 Å². The second-order valence-electron chi connectivity index (χ2n) is 0.989. The first-order valence-electron chi connectivity index (χ1n) is 1.75. The van der Waals surface area contributed by atoms with E-state index < -0.39 is 0 Å². The Bertz CT molecular complexity index is 70.1. The molecule has 0 aliphatic rings. The summed E-state index contributed by atoms with van der Waals surface area (Å²) in [6.07, 6.45) is 0. The molecule has 0 saturated heterocycles. The fraction of sp³-hybridized carbons (Fsp3) is 0.500. The Morgan fingerprint density at radius 3 is 2.57 bits per heavy atom. The molecule has 0 radical (unpaired) electrons. The molecule has 0 aliphatic heterocycles. The third kappa shape index (κ3) is 4.13. The molecule has 0 aliphatic carbocycles. The second-order valence-corrected chi connectivity index (χ2v) is 1.69. The molecule has 0 aromatic rings. The van der Waals surface area contributed by atoms with E-state index in [1.54, 1.807) is 7.11 Å². The van der Waals surface area contributed by atoms with Gasteiger partial charge in [0.2, 0.25) is 0 Å². The molecule has 0 atom stereocenters. The quantitative estimate of drug-likeness (QED) is 0.571. The standard InChI is InChI=1S/C4H6Cl2O/c1-7-3-4(6)2-5/h2H,3H2,1H3/b4-2-. The van der Waals surface area contributed by atoms with Crippen molar-refractivity contribution in [2.75, 3.05) is 13.7 Å². The smallest absolute Gasteiger partial charge is 0.0828 e. The lowest BCUT2D eigenvalue weighted by atomic mass is 10.7. The second kappa shape index (κ2) is 4.44. The third-order valence-corrected chi connectivity index (χ3v) is 0.994. The van der Waals surface area contributed by atoms with E-state index >= 15 is 0 Å². The first-order valence-corrected chi connectivity index (χ1v) is 2.56. The molecule has 0 saturated carbocycles. The summed E-state index contributed by atoms with van der Waals surface area (Å²) in [5, 5.41) is 0.518. The Kier molecular flexibility index (Phi) is 4.62. The van der Waals surface area contributed by atoms with Crippen molar-refractivity contribution in [1.82, 2.24) is 0 Å². The van der Waals surface area contributed by atoms with Crippen LogP contribution in [0.3, 0.4) is 0 Å². The van der Waals surface area contributed by atoms with E-state index in [0.29, 0.717) is 11.6 Å². The maximum absolute atomic E-state index is 5.37. The Morgan fingerprint density at radius 2 is 2.43 bits per heavy atom. The van der Waals surface area contributed by atoms with E-state index in [2.05, 4.69) is 4.74 Å². The summed E-state index contributed by atoms with van der Waals surface area (Å²) in [6.45, 7) is 0.394. The molecule has 0 unspecified atom stereocenters. The zero-order chi connectivity index (χ0) is 5.70. The van der Waals surface area contributed by atoms with Crippen LogP contribution in [0.5, 0.6) is 0 Å². The van der Waals surface area contributed by atoms with Gasteiger partial charge in [0.1, 0.15) is 0 Å². The van der Waals surface area contributed by atoms with Crippen LogP contribution < -0.4 is 0 Å². The minimum absolute atomic E-state index is 0.394. The van der Waals surface area contributed by atoms with Gasteiger partial charge in [-0.15, -0.1) is 0 Å². The van der Waals surface area contributed by atoms with Crippen LogP contribution in [0.25, 0.3) is 0 Å². The van der Waals surface area contributed by atoms with Gasteiger partial charge in [0.15, 0.2) is 0 Å². The van der Waals surface area contributed by atoms with Gasteiger partial charge in [-0.25, -0.2) is 0 Å². The maximum atomic E-state index is 5.37. The van der Waals surface area contributed by atoms with Crippen LogP contribution in [0.2, 0.25) is 0 Å². The zero-order valence-electron chi connectivity index (χ0n) is 3.95. The highest BCUT2D eigenvalue weighted by Crippen LogP contribution is 2.01. The Labute approximate surface area is 52.9 Å². The maximum Gasteiger partial charge on any atom is 0.0828 e. The minimum atomic E-state index is 0.394. The van der Waals surface area contributed by atoms with Crippen molar-refractivity contribution < 1.29 is 4.74 Å². The molecule has 0 amide bonds. The lowest BCUT2D eigenvalue weighted by Crippen LogP contribution is -1.84. The molecule has 0 heterocycles. The van der Waals surface area contributed by atoms with Crippen LogP contribution in [0, 0.1) is 0 Å². The average Bonchev–Trinajstić information content (AvgIpc) is 1.68. The number of methoxy groups -OCH3 is 1. The summed E-state index contributed by atoms with van der Waals surface area (Å²) in [5.74, 6) is 0. The highest BCUT2D eigenvalue weighted by Gasteiger charge is 1.84. The molecular weight excluding hydrogens is 135 g/mol. The largest absolute Gasteiger partial charge is 0.379 e. The molecule has 3 heteroatoms. The van der Waals surface area contributed by atoms with Gasteiger partial charge in [-0.3, -0.25) is 0 Å². The minimum Gasteiger partial charge on any atom is -0.379 e. The van der Waals surface area contributed by atoms with E-state index in [1.165, 1.54) is 5.54 Å². The predicted octanol–water partition coefficient (Wildman–Crippen LogP) is 1.95. The summed E-state index contributed by atoms with van der Waals surface area (Å²) in [6, 6.07) is 0. The van der Waals surface area contributed by atoms with E-state index in [-0.39, 0.29) is 0 Å². The highest BCUT2D eigenvalue weighted by molar-refractivity contribution is 6.36. The zero-order valence-corrected chi connectivity index (χ0v) is 5.46. The molecule has 1 nitrogen and oxygen atoms in total. The van der Waals surface area contributed by atoms with Crippen molar-refractivity contribution in [3.8, 4) is 0 Å². The van der Waals surface area contributed by atoms with E-state index in [1.807, 2.05) is 0 Å². The van der Waals surface area contributed by atoms with Gasteiger partial charge in [-0.05, 0) is 0 Å². The summed E-state index contributed by atoms with van der Waals surface area (Å²) >= 11 is 10.5. The van der Waals surface area contributed by atoms with Gasteiger partial charge in [0.25, 0.3) is 0 Å². The topological polar surface area (TPSA) is 9.23 Å². The average molecular weight is 141 g/mol. The van der Waals surface area contributed by atoms with E-state index in [9.17, 15) is 0 Å². The summed E-state index contributed by atoms with van der Waals surface area (Å²) in [4.78, 5) is 0. The molecular formula is C4H6Cl2O. The van der Waals surface area contributed by atoms with Crippen molar-refractivity contribution in [1.29, 1.82) is 0 Å². The highest BCUT2D eigenvalue weighted by atomic mass is 35.5. The summed E-state index contributed by atoms with van der Waals surface area (Å²) < 4.78 is 4.61. The normalized spacial score (nSPS) is 12.1. The number of rotatable bonds is 2. The lowest BCUT2D eigenvalue weighted by Gasteiger charge is -1.89. The van der Waals surface area contributed by atoms with Gasteiger partial charge in [-0.1, -0.05) is 23.2 Å². The van der Waals surface area contributed by atoms with Crippen LogP contribution in [0.4, 0.5) is 0 Å². The van der Waals surface area contributed by atoms with Crippen molar-refractivity contribution in [2.24, 2.45) is 0 Å². The van der Waals surface area contributed by atoms with Crippen LogP contribution in [-0.2, 0) is 4.74 Å². The van der Waals surface area contributed by atoms with Gasteiger partial charge in [-0.2, -0.15) is 0 Å². The number of hydrogen-bond donors (Lipinski definition) is 0. The van der Waals surface area contributed by atoms with E-state index in [4.69, 9.17) is 23.2 Å². The van der Waals surface area contributed by atoms with Crippen LogP contribution in [-0.4, -0.2) is 13.7 Å². The van der Waals surface area contributed by atoms with Gasteiger partial charge >= 0.3 is 0 Å². The monoisotopic (exact) mass is 140 g/mol. The Hall–Kier alpha value is 0.280.